The molecule has 0 N–H and O–H groups in total. The zero-order chi connectivity index (χ0) is 20.3. The summed E-state index contributed by atoms with van der Waals surface area (Å²) < 4.78 is 11.9. The highest BCUT2D eigenvalue weighted by Gasteiger charge is 2.44. The molecular formula is C23H29N3O3. The van der Waals surface area contributed by atoms with Crippen LogP contribution >= 0.6 is 0 Å². The molecule has 0 radical (unpaired) electrons. The summed E-state index contributed by atoms with van der Waals surface area (Å²) in [5.74, 6) is 0.644. The summed E-state index contributed by atoms with van der Waals surface area (Å²) in [6, 6.07) is 12.6. The molecule has 0 saturated carbocycles. The molecule has 2 aromatic rings. The Morgan fingerprint density at radius 1 is 1.28 bits per heavy atom. The van der Waals surface area contributed by atoms with Gasteiger partial charge in [0.15, 0.2) is 6.61 Å². The molecule has 0 bridgehead atoms. The van der Waals surface area contributed by atoms with Crippen LogP contribution in [0.5, 0.6) is 5.75 Å². The molecule has 2 aliphatic heterocycles. The van der Waals surface area contributed by atoms with Gasteiger partial charge in [-0.15, -0.1) is 0 Å². The topological polar surface area (TPSA) is 54.9 Å². The molecule has 4 rings (SSSR count). The van der Waals surface area contributed by atoms with Gasteiger partial charge >= 0.3 is 0 Å². The van der Waals surface area contributed by atoms with Gasteiger partial charge in [-0.2, -0.15) is 0 Å². The van der Waals surface area contributed by atoms with E-state index in [2.05, 4.69) is 48.1 Å². The molecule has 1 aromatic heterocycles. The van der Waals surface area contributed by atoms with E-state index in [4.69, 9.17) is 9.47 Å². The summed E-state index contributed by atoms with van der Waals surface area (Å²) in [5, 5.41) is 0. The smallest absolute Gasteiger partial charge is 0.260 e. The van der Waals surface area contributed by atoms with E-state index in [-0.39, 0.29) is 18.1 Å². The summed E-state index contributed by atoms with van der Waals surface area (Å²) in [4.78, 5) is 20.7. The summed E-state index contributed by atoms with van der Waals surface area (Å²) in [5.41, 5.74) is 2.39. The number of carbonyl (C=O) groups excluding carboxylic acids is 1. The molecular weight excluding hydrogens is 366 g/mol. The summed E-state index contributed by atoms with van der Waals surface area (Å²) in [7, 11) is 2.14. The normalized spacial score (nSPS) is 20.6. The number of aryl methyl sites for hydroxylation is 1. The van der Waals surface area contributed by atoms with Gasteiger partial charge in [-0.05, 0) is 50.5 Å². The fraction of sp³-hybridized carbons (Fsp3) is 0.478. The van der Waals surface area contributed by atoms with Crippen molar-refractivity contribution in [1.29, 1.82) is 0 Å². The number of aromatic nitrogens is 1. The minimum atomic E-state index is -0.107. The van der Waals surface area contributed by atoms with E-state index in [1.807, 2.05) is 11.0 Å². The molecule has 1 spiro atoms. The van der Waals surface area contributed by atoms with Crippen LogP contribution in [0.3, 0.4) is 0 Å². The van der Waals surface area contributed by atoms with Gasteiger partial charge in [-0.3, -0.25) is 9.78 Å². The second kappa shape index (κ2) is 8.41. The molecule has 29 heavy (non-hydrogen) atoms. The Kier molecular flexibility index (Phi) is 5.72. The lowest BCUT2D eigenvalue weighted by molar-refractivity contribution is -0.138. The van der Waals surface area contributed by atoms with Crippen molar-refractivity contribution in [3.8, 4) is 5.75 Å². The number of carbonyl (C=O) groups is 1. The number of hydrogen-bond acceptors (Lipinski definition) is 5. The Morgan fingerprint density at radius 2 is 2.03 bits per heavy atom. The van der Waals surface area contributed by atoms with Crippen LogP contribution in [0.25, 0.3) is 0 Å². The van der Waals surface area contributed by atoms with E-state index in [1.54, 1.807) is 18.5 Å². The zero-order valence-electron chi connectivity index (χ0n) is 17.2. The first kappa shape index (κ1) is 19.7. The second-order valence-electron chi connectivity index (χ2n) is 8.16. The molecule has 3 heterocycles. The standard InChI is InChI=1S/C23H29N3O3/c1-18-5-7-19(8-6-18)25(2)20-14-23(29-16-20)9-12-26(13-10-23)22(27)17-28-21-4-3-11-24-15-21/h3-8,11,15,20H,9-10,12-14,16-17H2,1-2H3/t20-/m1/s1. The molecule has 2 saturated heterocycles. The van der Waals surface area contributed by atoms with Crippen LogP contribution in [0.1, 0.15) is 24.8 Å². The maximum Gasteiger partial charge on any atom is 0.260 e. The Hall–Kier alpha value is -2.60. The number of piperidine rings is 1. The van der Waals surface area contributed by atoms with E-state index in [0.717, 1.165) is 39.0 Å². The lowest BCUT2D eigenvalue weighted by Crippen LogP contribution is -2.48. The quantitative estimate of drug-likeness (QED) is 0.779. The number of nitrogens with zero attached hydrogens (tertiary/aromatic N) is 3. The predicted molar refractivity (Wildman–Crippen MR) is 112 cm³/mol. The SMILES string of the molecule is Cc1ccc(N(C)[C@H]2COC3(CCN(C(=O)COc4cccnc4)CC3)C2)cc1. The van der Waals surface area contributed by atoms with E-state index in [0.29, 0.717) is 11.8 Å². The lowest BCUT2D eigenvalue weighted by Gasteiger charge is -2.39. The van der Waals surface area contributed by atoms with Crippen LogP contribution < -0.4 is 9.64 Å². The summed E-state index contributed by atoms with van der Waals surface area (Å²) in [6.45, 7) is 4.33. The Bertz CT molecular complexity index is 817. The molecule has 1 atom stereocenters. The van der Waals surface area contributed by atoms with Crippen LogP contribution in [-0.4, -0.2) is 60.8 Å². The van der Waals surface area contributed by atoms with E-state index in [1.165, 1.54) is 11.3 Å². The summed E-state index contributed by atoms with van der Waals surface area (Å²) >= 11 is 0. The van der Waals surface area contributed by atoms with Gasteiger partial charge in [-0.1, -0.05) is 17.7 Å². The van der Waals surface area contributed by atoms with Gasteiger partial charge < -0.3 is 19.3 Å². The Balaban J connectivity index is 1.27. The number of benzene rings is 1. The third-order valence-electron chi connectivity index (χ3n) is 6.20. The average Bonchev–Trinajstić information content (AvgIpc) is 3.17. The molecule has 0 aliphatic carbocycles. The lowest BCUT2D eigenvalue weighted by atomic mass is 9.87. The number of amides is 1. The number of hydrogen-bond donors (Lipinski definition) is 0. The fourth-order valence-electron chi connectivity index (χ4n) is 4.24. The number of ether oxygens (including phenoxy) is 2. The van der Waals surface area contributed by atoms with Gasteiger partial charge in [0, 0.05) is 32.0 Å². The minimum absolute atomic E-state index is 0.0232. The Labute approximate surface area is 172 Å². The van der Waals surface area contributed by atoms with Gasteiger partial charge in [0.05, 0.1) is 24.4 Å². The molecule has 2 fully saturated rings. The molecule has 1 amide bonds. The highest BCUT2D eigenvalue weighted by atomic mass is 16.5. The van der Waals surface area contributed by atoms with Gasteiger partial charge in [0.25, 0.3) is 5.91 Å². The first-order valence-corrected chi connectivity index (χ1v) is 10.3. The molecule has 154 valence electrons. The van der Waals surface area contributed by atoms with Crippen molar-refractivity contribution in [2.75, 3.05) is 38.3 Å². The van der Waals surface area contributed by atoms with Gasteiger partial charge in [-0.25, -0.2) is 0 Å². The number of rotatable bonds is 5. The molecule has 6 nitrogen and oxygen atoms in total. The van der Waals surface area contributed by atoms with E-state index >= 15 is 0 Å². The molecule has 6 heteroatoms. The van der Waals surface area contributed by atoms with Crippen LogP contribution in [0, 0.1) is 6.92 Å². The van der Waals surface area contributed by atoms with Crippen molar-refractivity contribution >= 4 is 11.6 Å². The van der Waals surface area contributed by atoms with Crippen molar-refractivity contribution in [3.05, 3.63) is 54.4 Å². The van der Waals surface area contributed by atoms with Crippen molar-refractivity contribution in [2.24, 2.45) is 0 Å². The molecule has 1 aromatic carbocycles. The van der Waals surface area contributed by atoms with Crippen LogP contribution in [0.15, 0.2) is 48.8 Å². The van der Waals surface area contributed by atoms with Crippen molar-refractivity contribution in [3.63, 3.8) is 0 Å². The third-order valence-corrected chi connectivity index (χ3v) is 6.20. The third kappa shape index (κ3) is 4.53. The fourth-order valence-corrected chi connectivity index (χ4v) is 4.24. The minimum Gasteiger partial charge on any atom is -0.482 e. The largest absolute Gasteiger partial charge is 0.482 e. The highest BCUT2D eigenvalue weighted by Crippen LogP contribution is 2.38. The number of likely N-dealkylation sites (N-methyl/N-ethyl adjacent to an activating group) is 1. The molecule has 0 unspecified atom stereocenters. The van der Waals surface area contributed by atoms with Crippen LogP contribution in [0.2, 0.25) is 0 Å². The van der Waals surface area contributed by atoms with Crippen molar-refractivity contribution < 1.29 is 14.3 Å². The Morgan fingerprint density at radius 3 is 2.72 bits per heavy atom. The number of pyridine rings is 1. The van der Waals surface area contributed by atoms with E-state index < -0.39 is 0 Å². The summed E-state index contributed by atoms with van der Waals surface area (Å²) in [6.07, 6.45) is 6.07. The van der Waals surface area contributed by atoms with E-state index in [9.17, 15) is 4.79 Å². The first-order chi connectivity index (χ1) is 14.0. The second-order valence-corrected chi connectivity index (χ2v) is 8.16. The first-order valence-electron chi connectivity index (χ1n) is 10.3. The zero-order valence-corrected chi connectivity index (χ0v) is 17.2. The number of likely N-dealkylation sites (tertiary alicyclic amines) is 1. The van der Waals surface area contributed by atoms with Gasteiger partial charge in [0.1, 0.15) is 5.75 Å². The van der Waals surface area contributed by atoms with Crippen LogP contribution in [-0.2, 0) is 9.53 Å². The van der Waals surface area contributed by atoms with Crippen molar-refractivity contribution in [1.82, 2.24) is 9.88 Å². The maximum atomic E-state index is 12.5. The van der Waals surface area contributed by atoms with Crippen LogP contribution in [0.4, 0.5) is 5.69 Å². The van der Waals surface area contributed by atoms with Gasteiger partial charge in [0.2, 0.25) is 0 Å². The average molecular weight is 396 g/mol. The van der Waals surface area contributed by atoms with Crippen molar-refractivity contribution in [2.45, 2.75) is 37.8 Å². The maximum absolute atomic E-state index is 12.5. The number of anilines is 1. The molecule has 2 aliphatic rings. The monoisotopic (exact) mass is 395 g/mol. The predicted octanol–water partition coefficient (Wildman–Crippen LogP) is 3.06. The highest BCUT2D eigenvalue weighted by molar-refractivity contribution is 5.77.